The predicted octanol–water partition coefficient (Wildman–Crippen LogP) is 3.60. The summed E-state index contributed by atoms with van der Waals surface area (Å²) in [6.45, 7) is 5.79. The Kier molecular flexibility index (Phi) is 9.24. The maximum absolute atomic E-state index is 13.0. The maximum Gasteiger partial charge on any atom is 0.310 e. The molecule has 1 fully saturated rings. The number of piperazine rings is 1. The summed E-state index contributed by atoms with van der Waals surface area (Å²) in [4.78, 5) is 41.1. The third-order valence-electron chi connectivity index (χ3n) is 6.35. The first-order valence-corrected chi connectivity index (χ1v) is 12.1. The van der Waals surface area contributed by atoms with Crippen LogP contribution in [0.4, 0.5) is 11.4 Å². The number of aromatic hydroxyl groups is 1. The molecule has 194 valence electrons. The second-order valence-electron chi connectivity index (χ2n) is 9.14. The monoisotopic (exact) mass is 498 g/mol. The summed E-state index contributed by atoms with van der Waals surface area (Å²) in [5.74, 6) is -0.241. The minimum absolute atomic E-state index is 0.122. The lowest BCUT2D eigenvalue weighted by Gasteiger charge is -2.32. The molecule has 36 heavy (non-hydrogen) atoms. The second-order valence-corrected chi connectivity index (χ2v) is 9.14. The Morgan fingerprint density at radius 2 is 1.81 bits per heavy atom. The fourth-order valence-corrected chi connectivity index (χ4v) is 4.08. The molecule has 3 rings (SSSR count). The highest BCUT2D eigenvalue weighted by atomic mass is 16.6. The number of nitro benzene ring substituents is 1. The van der Waals surface area contributed by atoms with Crippen LogP contribution in [-0.4, -0.2) is 78.5 Å². The highest BCUT2D eigenvalue weighted by molar-refractivity contribution is 6.07. The van der Waals surface area contributed by atoms with E-state index >= 15 is 0 Å². The summed E-state index contributed by atoms with van der Waals surface area (Å²) in [6.07, 6.45) is 2.98. The lowest BCUT2D eigenvalue weighted by molar-refractivity contribution is -0.385. The van der Waals surface area contributed by atoms with Gasteiger partial charge in [0.15, 0.2) is 5.75 Å². The van der Waals surface area contributed by atoms with Crippen LogP contribution in [0.2, 0.25) is 0 Å². The Bertz CT molecular complexity index is 1100. The molecule has 10 heteroatoms. The van der Waals surface area contributed by atoms with E-state index in [0.29, 0.717) is 24.5 Å². The molecule has 1 saturated heterocycles. The maximum atomic E-state index is 13.0. The number of phenolic OH excluding ortho intramolecular Hbond substituents is 1. The highest BCUT2D eigenvalue weighted by Crippen LogP contribution is 2.32. The molecule has 0 radical (unpaired) electrons. The molecule has 0 atom stereocenters. The van der Waals surface area contributed by atoms with Crippen molar-refractivity contribution in [3.63, 3.8) is 0 Å². The molecule has 0 unspecified atom stereocenters. The third kappa shape index (κ3) is 6.94. The average molecular weight is 499 g/mol. The van der Waals surface area contributed by atoms with Gasteiger partial charge in [-0.2, -0.15) is 0 Å². The van der Waals surface area contributed by atoms with Crippen LogP contribution in [0.5, 0.6) is 11.5 Å². The predicted molar refractivity (Wildman–Crippen MR) is 137 cm³/mol. The molecular weight excluding hydrogens is 464 g/mol. The van der Waals surface area contributed by atoms with Gasteiger partial charge in [0.25, 0.3) is 5.91 Å². The van der Waals surface area contributed by atoms with Gasteiger partial charge in [0, 0.05) is 51.3 Å². The number of ether oxygens (including phenoxy) is 1. The van der Waals surface area contributed by atoms with Crippen LogP contribution >= 0.6 is 0 Å². The number of phenols is 1. The van der Waals surface area contributed by atoms with Crippen LogP contribution in [0.1, 0.15) is 41.6 Å². The Morgan fingerprint density at radius 1 is 1.08 bits per heavy atom. The zero-order valence-electron chi connectivity index (χ0n) is 21.1. The number of rotatable bonds is 10. The summed E-state index contributed by atoms with van der Waals surface area (Å²) in [6, 6.07) is 9.01. The zero-order valence-corrected chi connectivity index (χ0v) is 21.1. The molecule has 0 bridgehead atoms. The van der Waals surface area contributed by atoms with Crippen LogP contribution < -0.4 is 9.64 Å². The van der Waals surface area contributed by atoms with Crippen molar-refractivity contribution in [1.82, 2.24) is 9.80 Å². The van der Waals surface area contributed by atoms with E-state index in [1.807, 2.05) is 24.0 Å². The average Bonchev–Trinajstić information content (AvgIpc) is 2.85. The van der Waals surface area contributed by atoms with Gasteiger partial charge < -0.3 is 24.5 Å². The summed E-state index contributed by atoms with van der Waals surface area (Å²) in [7, 11) is 3.65. The van der Waals surface area contributed by atoms with Crippen LogP contribution in [0.25, 0.3) is 0 Å². The molecule has 2 aromatic carbocycles. The number of hydrogen-bond donors (Lipinski definition) is 1. The number of benzene rings is 2. The first-order valence-electron chi connectivity index (χ1n) is 12.1. The van der Waals surface area contributed by atoms with Crippen molar-refractivity contribution in [3.05, 3.63) is 57.6 Å². The first kappa shape index (κ1) is 26.9. The van der Waals surface area contributed by atoms with Crippen molar-refractivity contribution in [2.24, 2.45) is 0 Å². The van der Waals surface area contributed by atoms with E-state index in [0.717, 1.165) is 63.1 Å². The minimum Gasteiger partial charge on any atom is -0.502 e. The number of nitrogens with zero attached hydrogens (tertiary/aromatic N) is 4. The fraction of sp³-hybridized carbons (Fsp3) is 0.462. The number of likely N-dealkylation sites (N-methyl/N-ethyl adjacent to an activating group) is 1. The number of anilines is 1. The molecule has 0 aliphatic carbocycles. The molecule has 1 heterocycles. The Morgan fingerprint density at radius 3 is 2.47 bits per heavy atom. The largest absolute Gasteiger partial charge is 0.502 e. The molecule has 2 aromatic rings. The molecule has 1 aliphatic heterocycles. The van der Waals surface area contributed by atoms with Gasteiger partial charge in [-0.3, -0.25) is 19.7 Å². The molecule has 2 amide bonds. The van der Waals surface area contributed by atoms with Crippen LogP contribution in [0, 0.1) is 17.0 Å². The molecule has 0 spiro atoms. The molecule has 0 aromatic heterocycles. The van der Waals surface area contributed by atoms with Crippen molar-refractivity contribution in [1.29, 1.82) is 0 Å². The molecule has 10 nitrogen and oxygen atoms in total. The van der Waals surface area contributed by atoms with E-state index in [1.165, 1.54) is 11.0 Å². The Hall–Kier alpha value is -3.66. The number of carbonyl (C=O) groups is 2. The van der Waals surface area contributed by atoms with Gasteiger partial charge in [0.05, 0.1) is 17.2 Å². The van der Waals surface area contributed by atoms with Crippen molar-refractivity contribution in [2.75, 3.05) is 51.8 Å². The van der Waals surface area contributed by atoms with Crippen molar-refractivity contribution in [2.45, 2.75) is 32.6 Å². The summed E-state index contributed by atoms with van der Waals surface area (Å²) >= 11 is 0. The van der Waals surface area contributed by atoms with Gasteiger partial charge in [-0.25, -0.2) is 0 Å². The standard InChI is InChI=1S/C26H34N4O6/c1-19-8-10-22(28(3)26(33)20-9-11-21(30(34)35)23(31)18-20)24(17-19)36-16-6-4-5-7-25(32)29-14-12-27(2)13-15-29/h8-11,17-18,31H,4-7,12-16H2,1-3H3. The van der Waals surface area contributed by atoms with E-state index in [-0.39, 0.29) is 11.5 Å². The van der Waals surface area contributed by atoms with Crippen LogP contribution in [0.15, 0.2) is 36.4 Å². The summed E-state index contributed by atoms with van der Waals surface area (Å²) in [5, 5.41) is 20.8. The SMILES string of the molecule is Cc1ccc(N(C)C(=O)c2ccc([N+](=O)[O-])c(O)c2)c(OCCCCCC(=O)N2CCN(C)CC2)c1. The molecular formula is C26H34N4O6. The van der Waals surface area contributed by atoms with Gasteiger partial charge in [-0.05, 0) is 63.1 Å². The minimum atomic E-state index is -0.707. The first-order chi connectivity index (χ1) is 17.2. The number of amides is 2. The lowest BCUT2D eigenvalue weighted by atomic mass is 10.1. The van der Waals surface area contributed by atoms with Gasteiger partial charge >= 0.3 is 5.69 Å². The van der Waals surface area contributed by atoms with Gasteiger partial charge in [-0.15, -0.1) is 0 Å². The van der Waals surface area contributed by atoms with Crippen LogP contribution in [-0.2, 0) is 4.79 Å². The van der Waals surface area contributed by atoms with Crippen molar-refractivity contribution in [3.8, 4) is 11.5 Å². The van der Waals surface area contributed by atoms with Crippen molar-refractivity contribution < 1.29 is 24.4 Å². The van der Waals surface area contributed by atoms with Crippen LogP contribution in [0.3, 0.4) is 0 Å². The summed E-state index contributed by atoms with van der Waals surface area (Å²) in [5.41, 5.74) is 1.19. The number of aryl methyl sites for hydroxylation is 1. The van der Waals surface area contributed by atoms with E-state index in [4.69, 9.17) is 4.74 Å². The molecule has 0 saturated carbocycles. The van der Waals surface area contributed by atoms with Gasteiger partial charge in [0.1, 0.15) is 5.75 Å². The number of hydrogen-bond acceptors (Lipinski definition) is 7. The normalized spacial score (nSPS) is 13.9. The topological polar surface area (TPSA) is 116 Å². The van der Waals surface area contributed by atoms with E-state index in [1.54, 1.807) is 13.1 Å². The quantitative estimate of drug-likeness (QED) is 0.302. The number of nitro groups is 1. The zero-order chi connectivity index (χ0) is 26.2. The van der Waals surface area contributed by atoms with Gasteiger partial charge in [-0.1, -0.05) is 6.07 Å². The summed E-state index contributed by atoms with van der Waals surface area (Å²) < 4.78 is 6.00. The smallest absolute Gasteiger partial charge is 0.310 e. The Labute approximate surface area is 211 Å². The molecule has 1 N–H and O–H groups in total. The van der Waals surface area contributed by atoms with Gasteiger partial charge in [0.2, 0.25) is 5.91 Å². The fourth-order valence-electron chi connectivity index (χ4n) is 4.08. The molecule has 1 aliphatic rings. The van der Waals surface area contributed by atoms with E-state index in [9.17, 15) is 24.8 Å². The van der Waals surface area contributed by atoms with Crippen molar-refractivity contribution >= 4 is 23.2 Å². The lowest BCUT2D eigenvalue weighted by Crippen LogP contribution is -2.47. The Balaban J connectivity index is 1.53. The second kappa shape index (κ2) is 12.3. The number of unbranched alkanes of at least 4 members (excludes halogenated alkanes) is 2. The van der Waals surface area contributed by atoms with E-state index in [2.05, 4.69) is 11.9 Å². The third-order valence-corrected chi connectivity index (χ3v) is 6.35. The number of carbonyl (C=O) groups excluding carboxylic acids is 2. The highest BCUT2D eigenvalue weighted by Gasteiger charge is 2.21. The van der Waals surface area contributed by atoms with E-state index < -0.39 is 22.3 Å².